The van der Waals surface area contributed by atoms with Gasteiger partial charge in [-0.3, -0.25) is 0 Å². The summed E-state index contributed by atoms with van der Waals surface area (Å²) in [5.74, 6) is -2.01. The molecule has 0 aliphatic rings. The Morgan fingerprint density at radius 3 is 2.11 bits per heavy atom. The van der Waals surface area contributed by atoms with Crippen LogP contribution in [-0.4, -0.2) is 56.0 Å². The van der Waals surface area contributed by atoms with Gasteiger partial charge in [-0.15, -0.1) is 0 Å². The smallest absolute Gasteiger partial charge is 0.328 e. The molecule has 0 aromatic rings. The molecular formula is C11H20N2O6. The first-order chi connectivity index (χ1) is 8.83. The monoisotopic (exact) mass is 276 g/mol. The lowest BCUT2D eigenvalue weighted by Crippen LogP contribution is -2.54. The van der Waals surface area contributed by atoms with Crippen molar-refractivity contribution in [2.75, 3.05) is 20.8 Å². The van der Waals surface area contributed by atoms with Crippen molar-refractivity contribution in [3.05, 3.63) is 0 Å². The van der Waals surface area contributed by atoms with Crippen molar-refractivity contribution in [3.63, 3.8) is 0 Å². The first-order valence-corrected chi connectivity index (χ1v) is 5.70. The Morgan fingerprint density at radius 1 is 1.16 bits per heavy atom. The second kappa shape index (κ2) is 8.30. The number of amides is 2. The summed E-state index contributed by atoms with van der Waals surface area (Å²) in [6.07, 6.45) is 0. The normalized spacial score (nSPS) is 13.5. The highest BCUT2D eigenvalue weighted by Crippen LogP contribution is 2.03. The molecule has 0 heterocycles. The Kier molecular flexibility index (Phi) is 7.50. The fraction of sp³-hybridized carbons (Fsp3) is 0.727. The third-order valence-corrected chi connectivity index (χ3v) is 2.35. The number of aliphatic carboxylic acids is 1. The Labute approximate surface area is 111 Å². The van der Waals surface area contributed by atoms with Crippen LogP contribution in [0.5, 0.6) is 0 Å². The van der Waals surface area contributed by atoms with Gasteiger partial charge in [0.05, 0.1) is 13.7 Å². The number of rotatable bonds is 7. The Morgan fingerprint density at radius 2 is 1.74 bits per heavy atom. The van der Waals surface area contributed by atoms with Crippen LogP contribution in [0.4, 0.5) is 4.79 Å². The number of carboxylic acid groups (broad SMARTS) is 1. The number of carbonyl (C=O) groups is 3. The first kappa shape index (κ1) is 17.2. The topological polar surface area (TPSA) is 114 Å². The van der Waals surface area contributed by atoms with Crippen LogP contribution in [0.15, 0.2) is 0 Å². The zero-order chi connectivity index (χ0) is 15.0. The van der Waals surface area contributed by atoms with Crippen LogP contribution in [-0.2, 0) is 19.1 Å². The highest BCUT2D eigenvalue weighted by atomic mass is 16.5. The van der Waals surface area contributed by atoms with Gasteiger partial charge in [0.1, 0.15) is 6.04 Å². The molecule has 0 spiro atoms. The fourth-order valence-electron chi connectivity index (χ4n) is 1.31. The molecular weight excluding hydrogens is 256 g/mol. The van der Waals surface area contributed by atoms with Crippen molar-refractivity contribution >= 4 is 18.0 Å². The van der Waals surface area contributed by atoms with Crippen molar-refractivity contribution < 1.29 is 29.0 Å². The molecule has 3 N–H and O–H groups in total. The van der Waals surface area contributed by atoms with Crippen molar-refractivity contribution in [1.29, 1.82) is 0 Å². The molecule has 0 bridgehead atoms. The highest BCUT2D eigenvalue weighted by molar-refractivity contribution is 5.86. The van der Waals surface area contributed by atoms with Crippen LogP contribution < -0.4 is 10.6 Å². The van der Waals surface area contributed by atoms with E-state index in [-0.39, 0.29) is 12.5 Å². The van der Waals surface area contributed by atoms with E-state index in [4.69, 9.17) is 5.11 Å². The highest BCUT2D eigenvalue weighted by Gasteiger charge is 2.27. The van der Waals surface area contributed by atoms with Crippen molar-refractivity contribution in [2.24, 2.45) is 5.92 Å². The van der Waals surface area contributed by atoms with Crippen LogP contribution in [0, 0.1) is 5.92 Å². The number of ether oxygens (including phenoxy) is 2. The SMILES string of the molecule is COCC(NC(=O)NC(C(=O)OC)C(C)C)C(=O)O. The molecule has 19 heavy (non-hydrogen) atoms. The minimum atomic E-state index is -1.23. The van der Waals surface area contributed by atoms with Gasteiger partial charge >= 0.3 is 18.0 Å². The summed E-state index contributed by atoms with van der Waals surface area (Å²) in [7, 11) is 2.53. The van der Waals surface area contributed by atoms with Crippen LogP contribution in [0.25, 0.3) is 0 Å². The molecule has 0 aliphatic carbocycles. The number of hydrogen-bond donors (Lipinski definition) is 3. The van der Waals surface area contributed by atoms with Crippen LogP contribution in [0.3, 0.4) is 0 Å². The van der Waals surface area contributed by atoms with E-state index in [0.29, 0.717) is 0 Å². The molecule has 8 nitrogen and oxygen atoms in total. The lowest BCUT2D eigenvalue weighted by molar-refractivity contribution is -0.144. The van der Waals surface area contributed by atoms with E-state index in [2.05, 4.69) is 20.1 Å². The second-order valence-corrected chi connectivity index (χ2v) is 4.21. The molecule has 0 aliphatic heterocycles. The maximum atomic E-state index is 11.6. The summed E-state index contributed by atoms with van der Waals surface area (Å²) >= 11 is 0. The van der Waals surface area contributed by atoms with Gasteiger partial charge in [-0.1, -0.05) is 13.8 Å². The molecule has 110 valence electrons. The first-order valence-electron chi connectivity index (χ1n) is 5.70. The van der Waals surface area contributed by atoms with Gasteiger partial charge in [-0.05, 0) is 5.92 Å². The number of carboxylic acids is 1. The van der Waals surface area contributed by atoms with E-state index in [0.717, 1.165) is 0 Å². The molecule has 0 saturated carbocycles. The second-order valence-electron chi connectivity index (χ2n) is 4.21. The molecule has 2 atom stereocenters. The number of methoxy groups -OCH3 is 2. The molecule has 8 heteroatoms. The number of esters is 1. The van der Waals surface area contributed by atoms with Crippen molar-refractivity contribution in [2.45, 2.75) is 25.9 Å². The van der Waals surface area contributed by atoms with Crippen LogP contribution in [0.1, 0.15) is 13.8 Å². The van der Waals surface area contributed by atoms with Crippen LogP contribution >= 0.6 is 0 Å². The quantitative estimate of drug-likeness (QED) is 0.544. The van der Waals surface area contributed by atoms with Gasteiger partial charge in [0, 0.05) is 7.11 Å². The molecule has 2 unspecified atom stereocenters. The minimum absolute atomic E-state index is 0.173. The predicted octanol–water partition coefficient (Wildman–Crippen LogP) is -0.417. The van der Waals surface area contributed by atoms with Gasteiger partial charge in [0.15, 0.2) is 6.04 Å². The van der Waals surface area contributed by atoms with E-state index >= 15 is 0 Å². The molecule has 2 amide bonds. The third-order valence-electron chi connectivity index (χ3n) is 2.35. The average Bonchev–Trinajstić information content (AvgIpc) is 2.34. The summed E-state index contributed by atoms with van der Waals surface area (Å²) in [5.41, 5.74) is 0. The van der Waals surface area contributed by atoms with Crippen molar-refractivity contribution in [3.8, 4) is 0 Å². The lowest BCUT2D eigenvalue weighted by Gasteiger charge is -2.21. The van der Waals surface area contributed by atoms with E-state index in [1.165, 1.54) is 14.2 Å². The van der Waals surface area contributed by atoms with Crippen LogP contribution in [0.2, 0.25) is 0 Å². The molecule has 0 saturated heterocycles. The molecule has 0 radical (unpaired) electrons. The maximum absolute atomic E-state index is 11.6. The Bertz CT molecular complexity index is 331. The molecule has 0 aromatic heterocycles. The number of nitrogens with one attached hydrogen (secondary N) is 2. The van der Waals surface area contributed by atoms with E-state index < -0.39 is 30.1 Å². The molecule has 0 rings (SSSR count). The minimum Gasteiger partial charge on any atom is -0.480 e. The van der Waals surface area contributed by atoms with E-state index in [1.54, 1.807) is 13.8 Å². The summed E-state index contributed by atoms with van der Waals surface area (Å²) in [5, 5.41) is 13.4. The molecule has 0 fully saturated rings. The summed E-state index contributed by atoms with van der Waals surface area (Å²) in [6.45, 7) is 3.28. The zero-order valence-corrected chi connectivity index (χ0v) is 11.4. The number of carbonyl (C=O) groups excluding carboxylic acids is 2. The van der Waals surface area contributed by atoms with Gasteiger partial charge in [0.25, 0.3) is 0 Å². The third kappa shape index (κ3) is 6.05. The molecule has 0 aromatic carbocycles. The predicted molar refractivity (Wildman–Crippen MR) is 65.6 cm³/mol. The zero-order valence-electron chi connectivity index (χ0n) is 11.4. The van der Waals surface area contributed by atoms with Gasteiger partial charge in [-0.25, -0.2) is 14.4 Å². The van der Waals surface area contributed by atoms with Crippen molar-refractivity contribution in [1.82, 2.24) is 10.6 Å². The van der Waals surface area contributed by atoms with E-state index in [1.807, 2.05) is 0 Å². The summed E-state index contributed by atoms with van der Waals surface area (Å²) in [6, 6.07) is -2.80. The van der Waals surface area contributed by atoms with Gasteiger partial charge in [0.2, 0.25) is 0 Å². The lowest BCUT2D eigenvalue weighted by atomic mass is 10.1. The number of urea groups is 1. The number of hydrogen-bond acceptors (Lipinski definition) is 5. The van der Waals surface area contributed by atoms with Gasteiger partial charge in [-0.2, -0.15) is 0 Å². The fourth-order valence-corrected chi connectivity index (χ4v) is 1.31. The average molecular weight is 276 g/mol. The Hall–Kier alpha value is -1.83. The van der Waals surface area contributed by atoms with Gasteiger partial charge < -0.3 is 25.2 Å². The summed E-state index contributed by atoms with van der Waals surface area (Å²) in [4.78, 5) is 33.9. The van der Waals surface area contributed by atoms with E-state index in [9.17, 15) is 14.4 Å². The Balaban J connectivity index is 4.56. The standard InChI is InChI=1S/C11H20N2O6/c1-6(2)8(10(16)19-4)13-11(17)12-7(5-18-3)9(14)15/h6-8H,5H2,1-4H3,(H,14,15)(H2,12,13,17). The largest absolute Gasteiger partial charge is 0.480 e. The summed E-state index contributed by atoms with van der Waals surface area (Å²) < 4.78 is 9.22. The maximum Gasteiger partial charge on any atom is 0.328 e.